The van der Waals surface area contributed by atoms with Crippen LogP contribution in [0.15, 0.2) is 12.1 Å². The topological polar surface area (TPSA) is 67.8 Å². The Morgan fingerprint density at radius 3 is 2.79 bits per heavy atom. The van der Waals surface area contributed by atoms with Crippen LogP contribution in [0.4, 0.5) is 19.0 Å². The van der Waals surface area contributed by atoms with Crippen molar-refractivity contribution in [3.05, 3.63) is 17.8 Å². The fourth-order valence-electron chi connectivity index (χ4n) is 4.14. The summed E-state index contributed by atoms with van der Waals surface area (Å²) in [4.78, 5) is 15.6. The van der Waals surface area contributed by atoms with Crippen LogP contribution < -0.4 is 4.90 Å². The zero-order valence-electron chi connectivity index (χ0n) is 15.5. The Labute approximate surface area is 160 Å². The average molecular weight is 400 g/mol. The molecule has 1 spiro atoms. The number of hydrogen-bond acceptors (Lipinski definition) is 6. The number of ether oxygens (including phenoxy) is 2. The van der Waals surface area contributed by atoms with Crippen molar-refractivity contribution in [1.29, 1.82) is 0 Å². The maximum atomic E-state index is 12.7. The molecule has 0 radical (unpaired) electrons. The van der Waals surface area contributed by atoms with Gasteiger partial charge in [0.05, 0.1) is 25.9 Å². The number of carbonyl (C=O) groups excluding carboxylic acids is 1. The average Bonchev–Trinajstić information content (AvgIpc) is 3.17. The van der Waals surface area contributed by atoms with Gasteiger partial charge in [0, 0.05) is 26.1 Å². The molecule has 0 aromatic carbocycles. The van der Waals surface area contributed by atoms with E-state index in [4.69, 9.17) is 9.47 Å². The molecule has 2 atom stereocenters. The maximum absolute atomic E-state index is 12.7. The number of carbonyl (C=O) groups is 1. The summed E-state index contributed by atoms with van der Waals surface area (Å²) in [5.74, 6) is 0.544. The SMILES string of the molecule is O=C1CCCN1C[C@@H]1CC[C@@]2(COCCN(c3ccc(C(F)(F)F)nn3)C2)O1. The van der Waals surface area contributed by atoms with E-state index < -0.39 is 17.5 Å². The molecule has 154 valence electrons. The monoisotopic (exact) mass is 400 g/mol. The summed E-state index contributed by atoms with van der Waals surface area (Å²) in [7, 11) is 0. The van der Waals surface area contributed by atoms with Crippen LogP contribution in [-0.4, -0.2) is 72.1 Å². The molecule has 3 saturated heterocycles. The zero-order valence-corrected chi connectivity index (χ0v) is 15.5. The molecule has 1 aromatic rings. The first-order chi connectivity index (χ1) is 13.3. The lowest BCUT2D eigenvalue weighted by Crippen LogP contribution is -2.46. The summed E-state index contributed by atoms with van der Waals surface area (Å²) in [6, 6.07) is 2.28. The summed E-state index contributed by atoms with van der Waals surface area (Å²) in [6.07, 6.45) is -1.49. The molecular formula is C18H23F3N4O3. The molecule has 3 aliphatic rings. The lowest BCUT2D eigenvalue weighted by Gasteiger charge is -2.32. The maximum Gasteiger partial charge on any atom is 0.435 e. The van der Waals surface area contributed by atoms with Gasteiger partial charge in [0.25, 0.3) is 0 Å². The fraction of sp³-hybridized carbons (Fsp3) is 0.722. The molecule has 7 nitrogen and oxygen atoms in total. The Morgan fingerprint density at radius 2 is 2.11 bits per heavy atom. The van der Waals surface area contributed by atoms with E-state index in [-0.39, 0.29) is 12.0 Å². The first kappa shape index (κ1) is 19.4. The van der Waals surface area contributed by atoms with Gasteiger partial charge < -0.3 is 19.3 Å². The molecule has 3 aliphatic heterocycles. The minimum Gasteiger partial charge on any atom is -0.377 e. The second-order valence-corrected chi connectivity index (χ2v) is 7.65. The second kappa shape index (κ2) is 7.47. The highest BCUT2D eigenvalue weighted by molar-refractivity contribution is 5.78. The highest BCUT2D eigenvalue weighted by atomic mass is 19.4. The molecule has 4 rings (SSSR count). The van der Waals surface area contributed by atoms with Crippen LogP contribution in [0.5, 0.6) is 0 Å². The molecule has 0 unspecified atom stereocenters. The summed E-state index contributed by atoms with van der Waals surface area (Å²) in [5.41, 5.74) is -1.56. The van der Waals surface area contributed by atoms with Gasteiger partial charge >= 0.3 is 6.18 Å². The molecule has 0 saturated carbocycles. The summed E-state index contributed by atoms with van der Waals surface area (Å²) in [5, 5.41) is 7.09. The van der Waals surface area contributed by atoms with Gasteiger partial charge in [-0.1, -0.05) is 0 Å². The van der Waals surface area contributed by atoms with Crippen LogP contribution in [0, 0.1) is 0 Å². The van der Waals surface area contributed by atoms with Gasteiger partial charge in [-0.15, -0.1) is 10.2 Å². The molecule has 0 N–H and O–H groups in total. The van der Waals surface area contributed by atoms with Crippen molar-refractivity contribution in [2.24, 2.45) is 0 Å². The predicted molar refractivity (Wildman–Crippen MR) is 92.7 cm³/mol. The van der Waals surface area contributed by atoms with E-state index in [0.717, 1.165) is 31.9 Å². The fourth-order valence-corrected chi connectivity index (χ4v) is 4.14. The second-order valence-electron chi connectivity index (χ2n) is 7.65. The molecule has 0 bridgehead atoms. The van der Waals surface area contributed by atoms with E-state index >= 15 is 0 Å². The highest BCUT2D eigenvalue weighted by Crippen LogP contribution is 2.35. The van der Waals surface area contributed by atoms with Gasteiger partial charge in [0.2, 0.25) is 5.91 Å². The summed E-state index contributed by atoms with van der Waals surface area (Å²) >= 11 is 0. The van der Waals surface area contributed by atoms with Crippen molar-refractivity contribution >= 4 is 11.7 Å². The Balaban J connectivity index is 1.43. The molecule has 10 heteroatoms. The molecule has 0 aliphatic carbocycles. The summed E-state index contributed by atoms with van der Waals surface area (Å²) in [6.45, 7) is 3.18. The van der Waals surface area contributed by atoms with Crippen LogP contribution in [0.1, 0.15) is 31.4 Å². The van der Waals surface area contributed by atoms with Gasteiger partial charge in [-0.2, -0.15) is 13.2 Å². The van der Waals surface area contributed by atoms with Crippen LogP contribution >= 0.6 is 0 Å². The normalized spacial score (nSPS) is 29.0. The van der Waals surface area contributed by atoms with E-state index in [2.05, 4.69) is 10.2 Å². The van der Waals surface area contributed by atoms with E-state index in [1.807, 2.05) is 9.80 Å². The van der Waals surface area contributed by atoms with E-state index in [1.165, 1.54) is 6.07 Å². The standard InChI is InChI=1S/C18H23F3N4O3/c19-18(20,21)14-3-4-15(23-22-14)25-8-9-27-12-17(11-25)6-5-13(28-17)10-24-7-1-2-16(24)26/h3-4,13H,1-2,5-12H2/t13-,17+/m0/s1. The number of aromatic nitrogens is 2. The van der Waals surface area contributed by atoms with Crippen LogP contribution in [-0.2, 0) is 20.4 Å². The van der Waals surface area contributed by atoms with E-state index in [0.29, 0.717) is 45.1 Å². The van der Waals surface area contributed by atoms with Crippen LogP contribution in [0.25, 0.3) is 0 Å². The third kappa shape index (κ3) is 4.07. The van der Waals surface area contributed by atoms with Gasteiger partial charge in [0.15, 0.2) is 11.5 Å². The number of rotatable bonds is 3. The van der Waals surface area contributed by atoms with E-state index in [1.54, 1.807) is 0 Å². The molecule has 1 aromatic heterocycles. The molecule has 1 amide bonds. The number of halogens is 3. The van der Waals surface area contributed by atoms with Crippen molar-refractivity contribution in [1.82, 2.24) is 15.1 Å². The first-order valence-electron chi connectivity index (χ1n) is 9.54. The Hall–Kier alpha value is -1.94. The molecule has 3 fully saturated rings. The Kier molecular flexibility index (Phi) is 5.17. The number of nitrogens with zero attached hydrogens (tertiary/aromatic N) is 4. The number of anilines is 1. The van der Waals surface area contributed by atoms with Crippen LogP contribution in [0.3, 0.4) is 0 Å². The van der Waals surface area contributed by atoms with Gasteiger partial charge in [-0.05, 0) is 31.4 Å². The van der Waals surface area contributed by atoms with Gasteiger partial charge in [0.1, 0.15) is 5.60 Å². The molecule has 28 heavy (non-hydrogen) atoms. The molecule has 4 heterocycles. The smallest absolute Gasteiger partial charge is 0.377 e. The lowest BCUT2D eigenvalue weighted by molar-refractivity contribution is -0.141. The largest absolute Gasteiger partial charge is 0.435 e. The number of hydrogen-bond donors (Lipinski definition) is 0. The Bertz CT molecular complexity index is 715. The van der Waals surface area contributed by atoms with Crippen molar-refractivity contribution in [3.8, 4) is 0 Å². The third-order valence-corrected chi connectivity index (χ3v) is 5.55. The number of amides is 1. The summed E-state index contributed by atoms with van der Waals surface area (Å²) < 4.78 is 50.2. The third-order valence-electron chi connectivity index (χ3n) is 5.55. The van der Waals surface area contributed by atoms with Gasteiger partial charge in [-0.25, -0.2) is 0 Å². The minimum atomic E-state index is -4.51. The number of likely N-dealkylation sites (tertiary alicyclic amines) is 1. The van der Waals surface area contributed by atoms with Crippen LogP contribution in [0.2, 0.25) is 0 Å². The lowest BCUT2D eigenvalue weighted by atomic mass is 10.00. The number of alkyl halides is 3. The zero-order chi connectivity index (χ0) is 19.8. The first-order valence-corrected chi connectivity index (χ1v) is 9.54. The minimum absolute atomic E-state index is 0.0516. The Morgan fingerprint density at radius 1 is 1.25 bits per heavy atom. The molecular weight excluding hydrogens is 377 g/mol. The van der Waals surface area contributed by atoms with Crippen molar-refractivity contribution in [2.45, 2.75) is 43.6 Å². The van der Waals surface area contributed by atoms with Gasteiger partial charge in [-0.3, -0.25) is 4.79 Å². The predicted octanol–water partition coefficient (Wildman–Crippen LogP) is 1.87. The quantitative estimate of drug-likeness (QED) is 0.772. The van der Waals surface area contributed by atoms with Crippen molar-refractivity contribution in [2.75, 3.05) is 44.3 Å². The van der Waals surface area contributed by atoms with Crippen molar-refractivity contribution < 1.29 is 27.4 Å². The highest BCUT2D eigenvalue weighted by Gasteiger charge is 2.44. The van der Waals surface area contributed by atoms with Crippen molar-refractivity contribution in [3.63, 3.8) is 0 Å². The van der Waals surface area contributed by atoms with E-state index in [9.17, 15) is 18.0 Å².